The van der Waals surface area contributed by atoms with Crippen LogP contribution in [0.15, 0.2) is 0 Å². The average molecular weight is 334 g/mol. The predicted octanol–water partition coefficient (Wildman–Crippen LogP) is 1.69. The fraction of sp³-hybridized carbons (Fsp3) is 0.938. The number of hydrogen-bond acceptors (Lipinski definition) is 4. The fourth-order valence-corrected chi connectivity index (χ4v) is 3.65. The first-order valence-corrected chi connectivity index (χ1v) is 8.27. The van der Waals surface area contributed by atoms with Gasteiger partial charge in [-0.3, -0.25) is 9.69 Å². The van der Waals surface area contributed by atoms with E-state index in [0.717, 1.165) is 32.5 Å². The monoisotopic (exact) mass is 333 g/mol. The van der Waals surface area contributed by atoms with Gasteiger partial charge in [-0.2, -0.15) is 0 Å². The van der Waals surface area contributed by atoms with Crippen LogP contribution in [0.4, 0.5) is 0 Å². The Kier molecular flexibility index (Phi) is 7.12. The Balaban J connectivity index is 0.00000242. The maximum absolute atomic E-state index is 11.9. The summed E-state index contributed by atoms with van der Waals surface area (Å²) >= 11 is 0. The van der Waals surface area contributed by atoms with Crippen molar-refractivity contribution in [3.05, 3.63) is 0 Å². The normalized spacial score (nSPS) is 25.8. The minimum atomic E-state index is -0.438. The highest BCUT2D eigenvalue weighted by Crippen LogP contribution is 2.35. The van der Waals surface area contributed by atoms with Crippen LogP contribution in [-0.4, -0.2) is 54.2 Å². The summed E-state index contributed by atoms with van der Waals surface area (Å²) in [6.07, 6.45) is 6.10. The van der Waals surface area contributed by atoms with Gasteiger partial charge in [-0.1, -0.05) is 19.3 Å². The zero-order valence-electron chi connectivity index (χ0n) is 14.2. The molecule has 0 radical (unpaired) electrons. The lowest BCUT2D eigenvalue weighted by molar-refractivity contribution is -0.129. The van der Waals surface area contributed by atoms with Crippen molar-refractivity contribution < 1.29 is 9.53 Å². The number of nitrogens with two attached hydrogens (primary N) is 1. The van der Waals surface area contributed by atoms with E-state index in [0.29, 0.717) is 6.54 Å². The Labute approximate surface area is 140 Å². The number of amides is 1. The minimum absolute atomic E-state index is 0. The first kappa shape index (κ1) is 19.7. The van der Waals surface area contributed by atoms with E-state index in [2.05, 4.69) is 24.1 Å². The molecule has 0 aromatic rings. The van der Waals surface area contributed by atoms with Crippen molar-refractivity contribution in [3.63, 3.8) is 0 Å². The summed E-state index contributed by atoms with van der Waals surface area (Å²) in [5.74, 6) is -0.0486. The highest BCUT2D eigenvalue weighted by atomic mass is 35.5. The summed E-state index contributed by atoms with van der Waals surface area (Å²) in [5.41, 5.74) is 5.65. The second kappa shape index (κ2) is 7.95. The molecule has 1 saturated heterocycles. The lowest BCUT2D eigenvalue weighted by Gasteiger charge is -2.51. The van der Waals surface area contributed by atoms with E-state index in [4.69, 9.17) is 10.5 Å². The second-order valence-corrected chi connectivity index (χ2v) is 7.32. The molecular formula is C16H32ClN3O2. The molecule has 1 saturated carbocycles. The largest absolute Gasteiger partial charge is 0.373 e. The van der Waals surface area contributed by atoms with Gasteiger partial charge in [0.15, 0.2) is 0 Å². The van der Waals surface area contributed by atoms with E-state index in [-0.39, 0.29) is 29.5 Å². The summed E-state index contributed by atoms with van der Waals surface area (Å²) in [4.78, 5) is 14.4. The number of morpholine rings is 1. The molecule has 22 heavy (non-hydrogen) atoms. The van der Waals surface area contributed by atoms with E-state index in [1.54, 1.807) is 6.92 Å². The van der Waals surface area contributed by atoms with Crippen molar-refractivity contribution in [1.82, 2.24) is 10.2 Å². The molecule has 2 fully saturated rings. The first-order chi connectivity index (χ1) is 9.85. The number of carbonyl (C=O) groups excluding carboxylic acids is 1. The van der Waals surface area contributed by atoms with Crippen LogP contribution in [0.1, 0.15) is 52.9 Å². The molecule has 0 aromatic heterocycles. The molecule has 0 bridgehead atoms. The number of nitrogens with one attached hydrogen (secondary N) is 1. The molecule has 1 heterocycles. The van der Waals surface area contributed by atoms with Gasteiger partial charge >= 0.3 is 0 Å². The van der Waals surface area contributed by atoms with Gasteiger partial charge in [0.25, 0.3) is 0 Å². The first-order valence-electron chi connectivity index (χ1n) is 8.27. The van der Waals surface area contributed by atoms with Gasteiger partial charge in [-0.05, 0) is 33.6 Å². The van der Waals surface area contributed by atoms with Crippen molar-refractivity contribution in [2.24, 2.45) is 5.73 Å². The predicted molar refractivity (Wildman–Crippen MR) is 91.3 cm³/mol. The number of rotatable bonds is 4. The third kappa shape index (κ3) is 4.82. The van der Waals surface area contributed by atoms with E-state index < -0.39 is 6.04 Å². The molecule has 1 amide bonds. The second-order valence-electron chi connectivity index (χ2n) is 7.32. The van der Waals surface area contributed by atoms with Crippen LogP contribution < -0.4 is 11.1 Å². The Hall–Kier alpha value is -0.360. The van der Waals surface area contributed by atoms with E-state index in [1.807, 2.05) is 0 Å². The summed E-state index contributed by atoms with van der Waals surface area (Å²) in [7, 11) is 0. The van der Waals surface area contributed by atoms with Crippen LogP contribution in [0.25, 0.3) is 0 Å². The van der Waals surface area contributed by atoms with Crippen molar-refractivity contribution in [3.8, 4) is 0 Å². The van der Waals surface area contributed by atoms with E-state index in [9.17, 15) is 4.79 Å². The molecule has 1 aliphatic heterocycles. The lowest BCUT2D eigenvalue weighted by Crippen LogP contribution is -2.63. The summed E-state index contributed by atoms with van der Waals surface area (Å²) in [5, 5.41) is 3.07. The summed E-state index contributed by atoms with van der Waals surface area (Å²) in [6.45, 7) is 9.41. The zero-order valence-corrected chi connectivity index (χ0v) is 15.0. The van der Waals surface area contributed by atoms with Crippen LogP contribution in [0.2, 0.25) is 0 Å². The molecule has 1 unspecified atom stereocenters. The molecular weight excluding hydrogens is 302 g/mol. The van der Waals surface area contributed by atoms with Gasteiger partial charge in [0.05, 0.1) is 18.2 Å². The van der Waals surface area contributed by atoms with Gasteiger partial charge in [0.1, 0.15) is 0 Å². The Morgan fingerprint density at radius 1 is 1.32 bits per heavy atom. The molecule has 6 heteroatoms. The third-order valence-electron chi connectivity index (χ3n) is 4.89. The summed E-state index contributed by atoms with van der Waals surface area (Å²) in [6, 6.07) is -0.438. The topological polar surface area (TPSA) is 67.6 Å². The van der Waals surface area contributed by atoms with Gasteiger partial charge in [0, 0.05) is 25.2 Å². The number of hydrogen-bond donors (Lipinski definition) is 2. The SMILES string of the molecule is CC(N)C(=O)NCC1(N2CCOC(C)(C)C2)CCCCC1.Cl. The van der Waals surface area contributed by atoms with Crippen LogP contribution in [-0.2, 0) is 9.53 Å². The quantitative estimate of drug-likeness (QED) is 0.821. The standard InChI is InChI=1S/C16H31N3O2.ClH/c1-13(17)14(20)18-11-16(7-5-4-6-8-16)19-9-10-21-15(2,3)12-19;/h13H,4-12,17H2,1-3H3,(H,18,20);1H. The number of ether oxygens (including phenoxy) is 1. The van der Waals surface area contributed by atoms with Crippen LogP contribution in [0.3, 0.4) is 0 Å². The smallest absolute Gasteiger partial charge is 0.236 e. The van der Waals surface area contributed by atoms with Gasteiger partial charge in [-0.25, -0.2) is 0 Å². The lowest BCUT2D eigenvalue weighted by atomic mass is 9.79. The van der Waals surface area contributed by atoms with Crippen LogP contribution >= 0.6 is 12.4 Å². The molecule has 130 valence electrons. The Bertz CT molecular complexity index is 368. The molecule has 2 aliphatic rings. The average Bonchev–Trinajstić information content (AvgIpc) is 2.44. The molecule has 5 nitrogen and oxygen atoms in total. The Morgan fingerprint density at radius 3 is 2.50 bits per heavy atom. The molecule has 1 atom stereocenters. The zero-order chi connectivity index (χ0) is 15.5. The van der Waals surface area contributed by atoms with E-state index in [1.165, 1.54) is 19.3 Å². The number of nitrogens with zero attached hydrogens (tertiary/aromatic N) is 1. The van der Waals surface area contributed by atoms with Crippen molar-refractivity contribution >= 4 is 18.3 Å². The summed E-state index contributed by atoms with van der Waals surface area (Å²) < 4.78 is 5.85. The highest BCUT2D eigenvalue weighted by molar-refractivity contribution is 5.85. The van der Waals surface area contributed by atoms with Gasteiger partial charge < -0.3 is 15.8 Å². The molecule has 1 aliphatic carbocycles. The van der Waals surface area contributed by atoms with Crippen LogP contribution in [0.5, 0.6) is 0 Å². The minimum Gasteiger partial charge on any atom is -0.373 e. The third-order valence-corrected chi connectivity index (χ3v) is 4.89. The van der Waals surface area contributed by atoms with Crippen LogP contribution in [0, 0.1) is 0 Å². The maximum atomic E-state index is 11.9. The fourth-order valence-electron chi connectivity index (χ4n) is 3.65. The molecule has 2 rings (SSSR count). The van der Waals surface area contributed by atoms with Gasteiger partial charge in [0.2, 0.25) is 5.91 Å². The van der Waals surface area contributed by atoms with Gasteiger partial charge in [-0.15, -0.1) is 12.4 Å². The van der Waals surface area contributed by atoms with Crippen molar-refractivity contribution in [2.45, 2.75) is 70.1 Å². The molecule has 0 spiro atoms. The Morgan fingerprint density at radius 2 is 1.95 bits per heavy atom. The number of carbonyl (C=O) groups is 1. The van der Waals surface area contributed by atoms with Crippen molar-refractivity contribution in [2.75, 3.05) is 26.2 Å². The maximum Gasteiger partial charge on any atom is 0.236 e. The molecule has 3 N–H and O–H groups in total. The number of halogens is 1. The van der Waals surface area contributed by atoms with E-state index >= 15 is 0 Å². The molecule has 0 aromatic carbocycles. The van der Waals surface area contributed by atoms with Crippen molar-refractivity contribution in [1.29, 1.82) is 0 Å². The highest BCUT2D eigenvalue weighted by Gasteiger charge is 2.42.